The van der Waals surface area contributed by atoms with E-state index < -0.39 is 0 Å². The van der Waals surface area contributed by atoms with Gasteiger partial charge in [0, 0.05) is 44.5 Å². The van der Waals surface area contributed by atoms with Crippen LogP contribution in [-0.4, -0.2) is 32.0 Å². The van der Waals surface area contributed by atoms with E-state index in [-0.39, 0.29) is 11.9 Å². The first-order chi connectivity index (χ1) is 15.1. The van der Waals surface area contributed by atoms with Crippen LogP contribution in [0.3, 0.4) is 0 Å². The minimum atomic E-state index is 0.0563. The molecule has 0 saturated carbocycles. The molecule has 166 valence electrons. The summed E-state index contributed by atoms with van der Waals surface area (Å²) >= 11 is 0. The summed E-state index contributed by atoms with van der Waals surface area (Å²) in [4.78, 5) is 18.5. The Bertz CT molecular complexity index is 872. The summed E-state index contributed by atoms with van der Waals surface area (Å²) in [5.41, 5.74) is 4.51. The van der Waals surface area contributed by atoms with E-state index in [4.69, 9.17) is 0 Å². The number of carbonyl (C=O) groups excluding carboxylic acids is 1. The second-order valence-electron chi connectivity index (χ2n) is 8.08. The van der Waals surface area contributed by atoms with Crippen LogP contribution in [0.25, 0.3) is 0 Å². The standard InChI is InChI=1S/C25H35N5O/c1-4-8-24(31)29-22-13-11-20(12-14-22)18-27-25(26-3)28-19(2)21-9-7-10-23(17-21)30-15-5-6-16-30/h7,9-14,17,19H,4-6,8,15-16,18H2,1-3H3,(H,29,31)(H2,26,27,28). The second kappa shape index (κ2) is 11.4. The predicted octanol–water partition coefficient (Wildman–Crippen LogP) is 4.45. The molecule has 1 aliphatic heterocycles. The molecule has 3 rings (SSSR count). The minimum Gasteiger partial charge on any atom is -0.372 e. The fourth-order valence-corrected chi connectivity index (χ4v) is 3.79. The van der Waals surface area contributed by atoms with E-state index >= 15 is 0 Å². The van der Waals surface area contributed by atoms with E-state index in [0.717, 1.165) is 36.7 Å². The minimum absolute atomic E-state index is 0.0563. The van der Waals surface area contributed by atoms with E-state index in [0.29, 0.717) is 13.0 Å². The molecule has 1 atom stereocenters. The zero-order valence-corrected chi connectivity index (χ0v) is 18.9. The number of nitrogens with one attached hydrogen (secondary N) is 3. The third-order valence-corrected chi connectivity index (χ3v) is 5.59. The number of nitrogens with zero attached hydrogens (tertiary/aromatic N) is 2. The van der Waals surface area contributed by atoms with Crippen molar-refractivity contribution in [2.45, 2.75) is 52.1 Å². The van der Waals surface area contributed by atoms with Crippen molar-refractivity contribution in [1.29, 1.82) is 0 Å². The molecule has 2 aromatic rings. The van der Waals surface area contributed by atoms with Crippen molar-refractivity contribution in [1.82, 2.24) is 10.6 Å². The Morgan fingerprint density at radius 2 is 1.87 bits per heavy atom. The Balaban J connectivity index is 1.52. The Labute approximate surface area is 186 Å². The number of aliphatic imine (C=N–C) groups is 1. The van der Waals surface area contributed by atoms with Crippen LogP contribution in [-0.2, 0) is 11.3 Å². The number of amides is 1. The molecule has 0 aliphatic carbocycles. The highest BCUT2D eigenvalue weighted by Crippen LogP contribution is 2.24. The highest BCUT2D eigenvalue weighted by molar-refractivity contribution is 5.90. The Morgan fingerprint density at radius 3 is 2.55 bits per heavy atom. The molecule has 0 bridgehead atoms. The first-order valence-corrected chi connectivity index (χ1v) is 11.3. The predicted molar refractivity (Wildman–Crippen MR) is 130 cm³/mol. The van der Waals surface area contributed by atoms with E-state index in [1.54, 1.807) is 7.05 Å². The zero-order valence-electron chi connectivity index (χ0n) is 18.9. The van der Waals surface area contributed by atoms with Gasteiger partial charge < -0.3 is 20.9 Å². The number of carbonyl (C=O) groups is 1. The van der Waals surface area contributed by atoms with Gasteiger partial charge in [0.1, 0.15) is 0 Å². The molecule has 1 heterocycles. The molecule has 1 fully saturated rings. The summed E-state index contributed by atoms with van der Waals surface area (Å²) in [5, 5.41) is 9.78. The van der Waals surface area contributed by atoms with Crippen LogP contribution in [0.2, 0.25) is 0 Å². The summed E-state index contributed by atoms with van der Waals surface area (Å²) in [6.07, 6.45) is 3.95. The maximum atomic E-state index is 11.7. The number of hydrogen-bond acceptors (Lipinski definition) is 3. The molecule has 6 nitrogen and oxygen atoms in total. The molecule has 0 radical (unpaired) electrons. The van der Waals surface area contributed by atoms with Crippen LogP contribution in [0, 0.1) is 0 Å². The first-order valence-electron chi connectivity index (χ1n) is 11.3. The van der Waals surface area contributed by atoms with Crippen LogP contribution in [0.15, 0.2) is 53.5 Å². The second-order valence-corrected chi connectivity index (χ2v) is 8.08. The van der Waals surface area contributed by atoms with Gasteiger partial charge >= 0.3 is 0 Å². The van der Waals surface area contributed by atoms with Gasteiger partial charge in [-0.2, -0.15) is 0 Å². The van der Waals surface area contributed by atoms with Gasteiger partial charge in [-0.1, -0.05) is 31.2 Å². The average molecular weight is 422 g/mol. The van der Waals surface area contributed by atoms with Gasteiger partial charge in [0.15, 0.2) is 5.96 Å². The van der Waals surface area contributed by atoms with Crippen molar-refractivity contribution < 1.29 is 4.79 Å². The summed E-state index contributed by atoms with van der Waals surface area (Å²) in [6, 6.07) is 16.8. The van der Waals surface area contributed by atoms with Gasteiger partial charge in [0.05, 0.1) is 6.04 Å². The number of guanidine groups is 1. The first kappa shape index (κ1) is 22.7. The number of hydrogen-bond donors (Lipinski definition) is 3. The molecular weight excluding hydrogens is 386 g/mol. The van der Waals surface area contributed by atoms with E-state index in [9.17, 15) is 4.79 Å². The van der Waals surface area contributed by atoms with Crippen molar-refractivity contribution in [3.8, 4) is 0 Å². The maximum Gasteiger partial charge on any atom is 0.224 e. The van der Waals surface area contributed by atoms with Crippen LogP contribution < -0.4 is 20.9 Å². The Hall–Kier alpha value is -3.02. The number of benzene rings is 2. The molecule has 1 amide bonds. The summed E-state index contributed by atoms with van der Waals surface area (Å²) in [7, 11) is 1.79. The van der Waals surface area contributed by atoms with E-state index in [1.807, 2.05) is 31.2 Å². The van der Waals surface area contributed by atoms with E-state index in [2.05, 4.69) is 57.0 Å². The topological polar surface area (TPSA) is 68.8 Å². The van der Waals surface area contributed by atoms with Crippen molar-refractivity contribution in [3.63, 3.8) is 0 Å². The van der Waals surface area contributed by atoms with Crippen LogP contribution in [0.4, 0.5) is 11.4 Å². The number of rotatable bonds is 8. The molecule has 0 aromatic heterocycles. The van der Waals surface area contributed by atoms with Gasteiger partial charge in [0.2, 0.25) is 5.91 Å². The zero-order chi connectivity index (χ0) is 22.1. The lowest BCUT2D eigenvalue weighted by molar-refractivity contribution is -0.116. The number of anilines is 2. The van der Waals surface area contributed by atoms with Crippen molar-refractivity contribution in [2.75, 3.05) is 30.4 Å². The fraction of sp³-hybridized carbons (Fsp3) is 0.440. The lowest BCUT2D eigenvalue weighted by atomic mass is 10.1. The Morgan fingerprint density at radius 1 is 1.13 bits per heavy atom. The smallest absolute Gasteiger partial charge is 0.224 e. The monoisotopic (exact) mass is 421 g/mol. The molecule has 1 aliphatic rings. The lowest BCUT2D eigenvalue weighted by Crippen LogP contribution is -2.38. The molecule has 6 heteroatoms. The van der Waals surface area contributed by atoms with Crippen molar-refractivity contribution in [3.05, 3.63) is 59.7 Å². The molecule has 0 spiro atoms. The van der Waals surface area contributed by atoms with Crippen LogP contribution in [0.5, 0.6) is 0 Å². The van der Waals surface area contributed by atoms with Gasteiger partial charge in [-0.15, -0.1) is 0 Å². The third kappa shape index (κ3) is 6.74. The van der Waals surface area contributed by atoms with Gasteiger partial charge in [-0.05, 0) is 61.6 Å². The molecule has 1 unspecified atom stereocenters. The maximum absolute atomic E-state index is 11.7. The quantitative estimate of drug-likeness (QED) is 0.435. The highest BCUT2D eigenvalue weighted by Gasteiger charge is 2.14. The molecule has 31 heavy (non-hydrogen) atoms. The largest absolute Gasteiger partial charge is 0.372 e. The molecular formula is C25H35N5O. The van der Waals surface area contributed by atoms with E-state index in [1.165, 1.54) is 24.1 Å². The Kier molecular flexibility index (Phi) is 8.33. The van der Waals surface area contributed by atoms with Gasteiger partial charge in [-0.25, -0.2) is 0 Å². The van der Waals surface area contributed by atoms with Gasteiger partial charge in [0.25, 0.3) is 0 Å². The highest BCUT2D eigenvalue weighted by atomic mass is 16.1. The lowest BCUT2D eigenvalue weighted by Gasteiger charge is -2.22. The van der Waals surface area contributed by atoms with Crippen molar-refractivity contribution >= 4 is 23.2 Å². The third-order valence-electron chi connectivity index (χ3n) is 5.59. The fourth-order valence-electron chi connectivity index (χ4n) is 3.79. The summed E-state index contributed by atoms with van der Waals surface area (Å²) in [5.74, 6) is 0.820. The molecule has 1 saturated heterocycles. The van der Waals surface area contributed by atoms with Crippen molar-refractivity contribution in [2.24, 2.45) is 4.99 Å². The molecule has 3 N–H and O–H groups in total. The van der Waals surface area contributed by atoms with Crippen LogP contribution in [0.1, 0.15) is 56.7 Å². The summed E-state index contributed by atoms with van der Waals surface area (Å²) < 4.78 is 0. The SMILES string of the molecule is CCCC(=O)Nc1ccc(CNC(=NC)NC(C)c2cccc(N3CCCC3)c2)cc1. The van der Waals surface area contributed by atoms with Gasteiger partial charge in [-0.3, -0.25) is 9.79 Å². The normalized spacial score (nSPS) is 14.9. The molecule has 2 aromatic carbocycles. The average Bonchev–Trinajstić information content (AvgIpc) is 3.33. The van der Waals surface area contributed by atoms with Crippen LogP contribution >= 0.6 is 0 Å². The summed E-state index contributed by atoms with van der Waals surface area (Å²) in [6.45, 7) is 7.11.